The highest BCUT2D eigenvalue weighted by Gasteiger charge is 2.10. The summed E-state index contributed by atoms with van der Waals surface area (Å²) < 4.78 is 11.3. The molecule has 160 valence electrons. The highest BCUT2D eigenvalue weighted by atomic mass is 35.5. The number of hydrogen-bond acceptors (Lipinski definition) is 3. The van der Waals surface area contributed by atoms with Crippen LogP contribution >= 0.6 is 34.8 Å². The third-order valence-electron chi connectivity index (χ3n) is 4.57. The van der Waals surface area contributed by atoms with E-state index in [2.05, 4.69) is 5.32 Å². The third kappa shape index (κ3) is 5.95. The standard InChI is InChI=1S/C24H20Cl3NO3/c1-15-18(25)5-4-8-21(15)28-24(29)12-10-16-9-11-22(23(13-16)30-2)31-14-17-19(26)6-3-7-20(17)27/h3-13H,14H2,1-2H3,(H,28,29)/b12-10+. The number of carbonyl (C=O) groups is 1. The van der Waals surface area contributed by atoms with Crippen molar-refractivity contribution in [3.8, 4) is 11.5 Å². The minimum Gasteiger partial charge on any atom is -0.493 e. The summed E-state index contributed by atoms with van der Waals surface area (Å²) >= 11 is 18.5. The summed E-state index contributed by atoms with van der Waals surface area (Å²) in [7, 11) is 1.55. The van der Waals surface area contributed by atoms with E-state index in [4.69, 9.17) is 44.3 Å². The number of anilines is 1. The van der Waals surface area contributed by atoms with Gasteiger partial charge >= 0.3 is 0 Å². The van der Waals surface area contributed by atoms with Gasteiger partial charge in [-0.2, -0.15) is 0 Å². The second-order valence-electron chi connectivity index (χ2n) is 6.63. The van der Waals surface area contributed by atoms with Gasteiger partial charge in [-0.1, -0.05) is 53.0 Å². The van der Waals surface area contributed by atoms with Gasteiger partial charge in [0.2, 0.25) is 5.91 Å². The van der Waals surface area contributed by atoms with Crippen molar-refractivity contribution >= 4 is 52.5 Å². The van der Waals surface area contributed by atoms with Crippen LogP contribution in [0.3, 0.4) is 0 Å². The van der Waals surface area contributed by atoms with Crippen LogP contribution in [0.1, 0.15) is 16.7 Å². The summed E-state index contributed by atoms with van der Waals surface area (Å²) in [4.78, 5) is 12.3. The Morgan fingerprint density at radius 2 is 1.65 bits per heavy atom. The molecule has 0 aromatic heterocycles. The molecule has 0 radical (unpaired) electrons. The largest absolute Gasteiger partial charge is 0.493 e. The molecule has 0 aliphatic rings. The Hall–Kier alpha value is -2.66. The molecule has 0 spiro atoms. The SMILES string of the molecule is COc1cc(/C=C/C(=O)Nc2cccc(Cl)c2C)ccc1OCc1c(Cl)cccc1Cl. The van der Waals surface area contributed by atoms with Crippen LogP contribution in [0, 0.1) is 6.92 Å². The Labute approximate surface area is 196 Å². The maximum atomic E-state index is 12.3. The molecular formula is C24H20Cl3NO3. The van der Waals surface area contributed by atoms with Crippen molar-refractivity contribution in [3.63, 3.8) is 0 Å². The molecule has 0 unspecified atom stereocenters. The molecule has 7 heteroatoms. The van der Waals surface area contributed by atoms with Crippen LogP contribution in [0.2, 0.25) is 15.1 Å². The molecule has 3 aromatic carbocycles. The van der Waals surface area contributed by atoms with Crippen molar-refractivity contribution < 1.29 is 14.3 Å². The van der Waals surface area contributed by atoms with Crippen LogP contribution in [0.25, 0.3) is 6.08 Å². The zero-order valence-corrected chi connectivity index (χ0v) is 19.2. The highest BCUT2D eigenvalue weighted by molar-refractivity contribution is 6.36. The average Bonchev–Trinajstić information content (AvgIpc) is 2.75. The summed E-state index contributed by atoms with van der Waals surface area (Å²) in [5.41, 5.74) is 2.96. The highest BCUT2D eigenvalue weighted by Crippen LogP contribution is 2.31. The van der Waals surface area contributed by atoms with Gasteiger partial charge in [-0.25, -0.2) is 0 Å². The Morgan fingerprint density at radius 1 is 0.968 bits per heavy atom. The van der Waals surface area contributed by atoms with Gasteiger partial charge in [-0.15, -0.1) is 0 Å². The lowest BCUT2D eigenvalue weighted by atomic mass is 10.1. The summed E-state index contributed by atoms with van der Waals surface area (Å²) in [6, 6.07) is 16.0. The second-order valence-corrected chi connectivity index (χ2v) is 7.86. The molecule has 3 rings (SSSR count). The number of carbonyl (C=O) groups excluding carboxylic acids is 1. The van der Waals surface area contributed by atoms with Crippen molar-refractivity contribution in [3.05, 3.63) is 92.4 Å². The van der Waals surface area contributed by atoms with Gasteiger partial charge < -0.3 is 14.8 Å². The van der Waals surface area contributed by atoms with Crippen molar-refractivity contribution in [2.45, 2.75) is 13.5 Å². The molecule has 1 N–H and O–H groups in total. The van der Waals surface area contributed by atoms with Gasteiger partial charge in [0.1, 0.15) is 6.61 Å². The minimum absolute atomic E-state index is 0.200. The fourth-order valence-electron chi connectivity index (χ4n) is 2.82. The van der Waals surface area contributed by atoms with Crippen molar-refractivity contribution in [1.82, 2.24) is 0 Å². The maximum absolute atomic E-state index is 12.3. The minimum atomic E-state index is -0.266. The lowest BCUT2D eigenvalue weighted by Gasteiger charge is -2.13. The predicted octanol–water partition coefficient (Wildman–Crippen LogP) is 7.19. The lowest BCUT2D eigenvalue weighted by molar-refractivity contribution is -0.111. The number of hydrogen-bond donors (Lipinski definition) is 1. The summed E-state index contributed by atoms with van der Waals surface area (Å²) in [6.45, 7) is 2.05. The first-order valence-electron chi connectivity index (χ1n) is 9.37. The molecule has 0 heterocycles. The van der Waals surface area contributed by atoms with Gasteiger partial charge in [-0.05, 0) is 60.5 Å². The fraction of sp³-hybridized carbons (Fsp3) is 0.125. The Balaban J connectivity index is 1.69. The normalized spacial score (nSPS) is 10.9. The molecule has 0 saturated carbocycles. The topological polar surface area (TPSA) is 47.6 Å². The van der Waals surface area contributed by atoms with E-state index in [1.54, 1.807) is 61.7 Å². The van der Waals surface area contributed by atoms with E-state index >= 15 is 0 Å². The molecule has 0 atom stereocenters. The molecule has 0 aliphatic carbocycles. The molecule has 4 nitrogen and oxygen atoms in total. The Kier molecular flexibility index (Phi) is 7.85. The number of methoxy groups -OCH3 is 1. The van der Waals surface area contributed by atoms with Gasteiger partial charge in [0, 0.05) is 32.4 Å². The van der Waals surface area contributed by atoms with E-state index in [0.717, 1.165) is 11.1 Å². The van der Waals surface area contributed by atoms with Crippen LogP contribution in [0.4, 0.5) is 5.69 Å². The van der Waals surface area contributed by atoms with E-state index < -0.39 is 0 Å². The molecule has 0 bridgehead atoms. The van der Waals surface area contributed by atoms with E-state index in [9.17, 15) is 4.79 Å². The van der Waals surface area contributed by atoms with Crippen LogP contribution < -0.4 is 14.8 Å². The van der Waals surface area contributed by atoms with Crippen LogP contribution in [0.5, 0.6) is 11.5 Å². The number of amides is 1. The van der Waals surface area contributed by atoms with Gasteiger partial charge in [0.25, 0.3) is 0 Å². The van der Waals surface area contributed by atoms with Crippen LogP contribution in [-0.2, 0) is 11.4 Å². The second kappa shape index (κ2) is 10.6. The quantitative estimate of drug-likeness (QED) is 0.367. The first kappa shape index (κ1) is 23.0. The molecule has 0 saturated heterocycles. The van der Waals surface area contributed by atoms with Crippen LogP contribution in [-0.4, -0.2) is 13.0 Å². The third-order valence-corrected chi connectivity index (χ3v) is 5.69. The van der Waals surface area contributed by atoms with Crippen LogP contribution in [0.15, 0.2) is 60.7 Å². The smallest absolute Gasteiger partial charge is 0.248 e. The predicted molar refractivity (Wildman–Crippen MR) is 128 cm³/mol. The van der Waals surface area contributed by atoms with Crippen molar-refractivity contribution in [2.75, 3.05) is 12.4 Å². The molecule has 3 aromatic rings. The molecule has 31 heavy (non-hydrogen) atoms. The van der Waals surface area contributed by atoms with Gasteiger partial charge in [-0.3, -0.25) is 4.79 Å². The Morgan fingerprint density at radius 3 is 2.35 bits per heavy atom. The number of ether oxygens (including phenoxy) is 2. The van der Waals surface area contributed by atoms with E-state index in [1.165, 1.54) is 6.08 Å². The summed E-state index contributed by atoms with van der Waals surface area (Å²) in [6.07, 6.45) is 3.13. The van der Waals surface area contributed by atoms with Gasteiger partial charge in [0.15, 0.2) is 11.5 Å². The molecule has 1 amide bonds. The van der Waals surface area contributed by atoms with Crippen molar-refractivity contribution in [1.29, 1.82) is 0 Å². The molecule has 0 aliphatic heterocycles. The summed E-state index contributed by atoms with van der Waals surface area (Å²) in [5, 5.41) is 4.49. The zero-order valence-electron chi connectivity index (χ0n) is 16.9. The number of halogens is 3. The number of benzene rings is 3. The van der Waals surface area contributed by atoms with E-state index in [-0.39, 0.29) is 12.5 Å². The number of rotatable bonds is 7. The summed E-state index contributed by atoms with van der Waals surface area (Å²) in [5.74, 6) is 0.795. The molecular weight excluding hydrogens is 457 g/mol. The number of nitrogens with one attached hydrogen (secondary N) is 1. The molecule has 0 fully saturated rings. The average molecular weight is 477 g/mol. The monoisotopic (exact) mass is 475 g/mol. The zero-order chi connectivity index (χ0) is 22.4. The van der Waals surface area contributed by atoms with Crippen molar-refractivity contribution in [2.24, 2.45) is 0 Å². The Bertz CT molecular complexity index is 1110. The maximum Gasteiger partial charge on any atom is 0.248 e. The van der Waals surface area contributed by atoms with E-state index in [1.807, 2.05) is 13.0 Å². The lowest BCUT2D eigenvalue weighted by Crippen LogP contribution is -2.09. The van der Waals surface area contributed by atoms with E-state index in [0.29, 0.717) is 37.8 Å². The first-order chi connectivity index (χ1) is 14.9. The fourth-order valence-corrected chi connectivity index (χ4v) is 3.50. The first-order valence-corrected chi connectivity index (χ1v) is 10.5. The van der Waals surface area contributed by atoms with Gasteiger partial charge in [0.05, 0.1) is 7.11 Å².